The lowest BCUT2D eigenvalue weighted by Crippen LogP contribution is -2.21. The Morgan fingerprint density at radius 3 is 2.39 bits per heavy atom. The maximum atomic E-state index is 12.5. The normalized spacial score (nSPS) is 11.0. The summed E-state index contributed by atoms with van der Waals surface area (Å²) >= 11 is 11.7. The van der Waals surface area contributed by atoms with Gasteiger partial charge in [0.05, 0.1) is 36.8 Å². The number of benzene rings is 3. The number of rotatable bonds is 8. The minimum Gasteiger partial charge on any atom is -0.484 e. The zero-order chi connectivity index (χ0) is 24.2. The number of carbonyl (C=O) groups excluding carboxylic acids is 1. The van der Waals surface area contributed by atoms with E-state index < -0.39 is 20.9 Å². The smallest absolute Gasteiger partial charge is 0.274 e. The molecule has 12 heteroatoms. The highest BCUT2D eigenvalue weighted by atomic mass is 35.5. The first kappa shape index (κ1) is 24.3. The van der Waals surface area contributed by atoms with E-state index >= 15 is 0 Å². The van der Waals surface area contributed by atoms with Crippen LogP contribution in [0.5, 0.6) is 5.75 Å². The molecule has 0 unspecified atom stereocenters. The molecular weight excluding hydrogens is 493 g/mol. The third kappa shape index (κ3) is 6.13. The Morgan fingerprint density at radius 1 is 1.06 bits per heavy atom. The van der Waals surface area contributed by atoms with Gasteiger partial charge < -0.3 is 10.1 Å². The molecule has 0 radical (unpaired) electrons. The average molecular weight is 510 g/mol. The second-order valence-corrected chi connectivity index (χ2v) is 9.25. The summed E-state index contributed by atoms with van der Waals surface area (Å²) in [6.45, 7) is 1.15. The van der Waals surface area contributed by atoms with Gasteiger partial charge in [0.1, 0.15) is 5.75 Å². The number of anilines is 2. The van der Waals surface area contributed by atoms with Crippen LogP contribution in [0.25, 0.3) is 0 Å². The Kier molecular flexibility index (Phi) is 7.42. The van der Waals surface area contributed by atoms with Crippen LogP contribution in [0, 0.1) is 17.0 Å². The summed E-state index contributed by atoms with van der Waals surface area (Å²) in [7, 11) is -3.89. The van der Waals surface area contributed by atoms with Crippen LogP contribution in [0.15, 0.2) is 65.6 Å². The standard InChI is InChI=1S/C21H17Cl2N3O6S/c1-13-19(3-2-4-20(13)26(28)29)24-21(27)12-32-15-6-8-16(9-7-15)33(30,31)25-14-5-10-17(22)18(23)11-14/h2-11,25H,12H2,1H3,(H,24,27). The summed E-state index contributed by atoms with van der Waals surface area (Å²) in [5, 5.41) is 14.1. The SMILES string of the molecule is Cc1c(NC(=O)COc2ccc(S(=O)(=O)Nc3ccc(Cl)c(Cl)c3)cc2)cccc1[N+](=O)[O-]. The van der Waals surface area contributed by atoms with Crippen molar-refractivity contribution in [3.05, 3.63) is 86.4 Å². The lowest BCUT2D eigenvalue weighted by Gasteiger charge is -2.11. The summed E-state index contributed by atoms with van der Waals surface area (Å²) in [5.41, 5.74) is 0.755. The van der Waals surface area contributed by atoms with E-state index in [2.05, 4.69) is 10.0 Å². The van der Waals surface area contributed by atoms with Gasteiger partial charge in [-0.15, -0.1) is 0 Å². The fraction of sp³-hybridized carbons (Fsp3) is 0.0952. The van der Waals surface area contributed by atoms with Gasteiger partial charge in [-0.3, -0.25) is 19.6 Å². The van der Waals surface area contributed by atoms with Gasteiger partial charge in [0.25, 0.3) is 21.6 Å². The van der Waals surface area contributed by atoms with Gasteiger partial charge in [-0.05, 0) is 55.5 Å². The third-order valence-corrected chi connectivity index (χ3v) is 6.59. The molecule has 1 amide bonds. The van der Waals surface area contributed by atoms with Crippen LogP contribution in [0.2, 0.25) is 10.0 Å². The van der Waals surface area contributed by atoms with Gasteiger partial charge in [-0.1, -0.05) is 29.3 Å². The molecule has 3 rings (SSSR count). The van der Waals surface area contributed by atoms with E-state index in [-0.39, 0.29) is 33.6 Å². The van der Waals surface area contributed by atoms with Crippen molar-refractivity contribution in [1.82, 2.24) is 0 Å². The number of nitro groups is 1. The highest BCUT2D eigenvalue weighted by Crippen LogP contribution is 2.27. The Bertz CT molecular complexity index is 1310. The maximum absolute atomic E-state index is 12.5. The second kappa shape index (κ2) is 10.1. The topological polar surface area (TPSA) is 128 Å². The molecule has 0 aliphatic carbocycles. The van der Waals surface area contributed by atoms with Gasteiger partial charge in [-0.2, -0.15) is 0 Å². The molecule has 3 aromatic carbocycles. The average Bonchev–Trinajstić information content (AvgIpc) is 2.76. The van der Waals surface area contributed by atoms with Crippen LogP contribution in [-0.2, 0) is 14.8 Å². The maximum Gasteiger partial charge on any atom is 0.274 e. The Balaban J connectivity index is 1.61. The van der Waals surface area contributed by atoms with Crippen molar-refractivity contribution in [2.45, 2.75) is 11.8 Å². The molecular formula is C21H17Cl2N3O6S. The quantitative estimate of drug-likeness (QED) is 0.323. The van der Waals surface area contributed by atoms with Crippen molar-refractivity contribution in [2.24, 2.45) is 0 Å². The Hall–Kier alpha value is -3.34. The van der Waals surface area contributed by atoms with Gasteiger partial charge in [0.15, 0.2) is 6.61 Å². The molecule has 0 bridgehead atoms. The van der Waals surface area contributed by atoms with Crippen LogP contribution in [0.1, 0.15) is 5.56 Å². The first-order chi connectivity index (χ1) is 15.6. The lowest BCUT2D eigenvalue weighted by molar-refractivity contribution is -0.385. The van der Waals surface area contributed by atoms with Crippen LogP contribution >= 0.6 is 23.2 Å². The molecule has 0 fully saturated rings. The number of ether oxygens (including phenoxy) is 1. The fourth-order valence-electron chi connectivity index (χ4n) is 2.78. The summed E-state index contributed by atoms with van der Waals surface area (Å²) in [6.07, 6.45) is 0. The molecule has 3 aromatic rings. The third-order valence-electron chi connectivity index (χ3n) is 4.45. The molecule has 0 heterocycles. The summed E-state index contributed by atoms with van der Waals surface area (Å²) in [6, 6.07) is 14.1. The molecule has 2 N–H and O–H groups in total. The van der Waals surface area contributed by atoms with Crippen molar-refractivity contribution in [3.8, 4) is 5.75 Å². The van der Waals surface area contributed by atoms with E-state index in [0.29, 0.717) is 16.3 Å². The number of hydrogen-bond acceptors (Lipinski definition) is 6. The van der Waals surface area contributed by atoms with E-state index in [9.17, 15) is 23.3 Å². The number of sulfonamides is 1. The molecule has 0 spiro atoms. The van der Waals surface area contributed by atoms with Crippen LogP contribution < -0.4 is 14.8 Å². The van der Waals surface area contributed by atoms with E-state index in [0.717, 1.165) is 0 Å². The monoisotopic (exact) mass is 509 g/mol. The number of hydrogen-bond donors (Lipinski definition) is 2. The van der Waals surface area contributed by atoms with Gasteiger partial charge in [-0.25, -0.2) is 8.42 Å². The second-order valence-electron chi connectivity index (χ2n) is 6.75. The zero-order valence-electron chi connectivity index (χ0n) is 17.0. The summed E-state index contributed by atoms with van der Waals surface area (Å²) in [5.74, 6) is -0.272. The number of carbonyl (C=O) groups is 1. The fourth-order valence-corrected chi connectivity index (χ4v) is 4.13. The number of nitrogens with one attached hydrogen (secondary N) is 2. The van der Waals surface area contributed by atoms with E-state index in [1.807, 2.05) is 0 Å². The number of amides is 1. The molecule has 0 atom stereocenters. The number of halogens is 2. The lowest BCUT2D eigenvalue weighted by atomic mass is 10.1. The predicted octanol–water partition coefficient (Wildman–Crippen LogP) is 5.03. The minimum absolute atomic E-state index is 0.0300. The molecule has 0 aliphatic rings. The molecule has 0 saturated heterocycles. The van der Waals surface area contributed by atoms with Crippen LogP contribution in [0.3, 0.4) is 0 Å². The molecule has 172 valence electrons. The van der Waals surface area contributed by atoms with Gasteiger partial charge in [0, 0.05) is 6.07 Å². The van der Waals surface area contributed by atoms with Crippen molar-refractivity contribution in [2.75, 3.05) is 16.6 Å². The Labute approximate surface area is 199 Å². The van der Waals surface area contributed by atoms with E-state index in [1.165, 1.54) is 61.5 Å². The highest BCUT2D eigenvalue weighted by molar-refractivity contribution is 7.92. The van der Waals surface area contributed by atoms with E-state index in [1.54, 1.807) is 6.07 Å². The van der Waals surface area contributed by atoms with Crippen molar-refractivity contribution < 1.29 is 22.9 Å². The molecule has 9 nitrogen and oxygen atoms in total. The first-order valence-electron chi connectivity index (χ1n) is 9.31. The van der Waals surface area contributed by atoms with Crippen molar-refractivity contribution in [1.29, 1.82) is 0 Å². The zero-order valence-corrected chi connectivity index (χ0v) is 19.4. The number of nitrogens with zero attached hydrogens (tertiary/aromatic N) is 1. The predicted molar refractivity (Wildman–Crippen MR) is 126 cm³/mol. The Morgan fingerprint density at radius 2 is 1.76 bits per heavy atom. The van der Waals surface area contributed by atoms with Gasteiger partial charge in [0.2, 0.25) is 0 Å². The van der Waals surface area contributed by atoms with E-state index in [4.69, 9.17) is 27.9 Å². The van der Waals surface area contributed by atoms with Gasteiger partial charge >= 0.3 is 0 Å². The molecule has 0 aliphatic heterocycles. The van der Waals surface area contributed by atoms with Crippen molar-refractivity contribution in [3.63, 3.8) is 0 Å². The highest BCUT2D eigenvalue weighted by Gasteiger charge is 2.17. The molecule has 0 aromatic heterocycles. The summed E-state index contributed by atoms with van der Waals surface area (Å²) < 4.78 is 32.9. The van der Waals surface area contributed by atoms with Crippen LogP contribution in [0.4, 0.5) is 17.1 Å². The van der Waals surface area contributed by atoms with Crippen molar-refractivity contribution >= 4 is 56.2 Å². The van der Waals surface area contributed by atoms with Crippen LogP contribution in [-0.4, -0.2) is 25.9 Å². The molecule has 33 heavy (non-hydrogen) atoms. The largest absolute Gasteiger partial charge is 0.484 e. The first-order valence-corrected chi connectivity index (χ1v) is 11.6. The summed E-state index contributed by atoms with van der Waals surface area (Å²) in [4.78, 5) is 22.6. The minimum atomic E-state index is -3.89. The number of nitro benzene ring substituents is 1. The molecule has 0 saturated carbocycles.